The number of nitrogens with one attached hydrogen (secondary N) is 1. The second kappa shape index (κ2) is 9.67. The van der Waals surface area contributed by atoms with E-state index in [1.165, 1.54) is 13.1 Å². The third kappa shape index (κ3) is 5.73. The summed E-state index contributed by atoms with van der Waals surface area (Å²) in [6.45, 7) is 10.0. The molecule has 1 saturated carbocycles. The maximum Gasteiger partial charge on any atom is 0.407 e. The van der Waals surface area contributed by atoms with E-state index in [9.17, 15) is 19.1 Å². The number of carboxylic acid groups (broad SMARTS) is 1. The molecule has 1 unspecified atom stereocenters. The molecule has 1 aliphatic heterocycles. The number of para-hydroxylation sites is 1. The molecule has 0 radical (unpaired) electrons. The standard InChI is InChI=1S/C25H38FN3O3/c1-16(13-25(2,3)4)12-22(28(5)24(31)32)23(30)27-20-11-10-17-14-29(15-18(17)20)21-9-7-6-8-19(21)26/h6-9,16-18,20,22H,10-15H2,1-5H3,(H,27,30)(H,31,32)/t16?,17-,18+,20+,22+/m1/s1. The highest BCUT2D eigenvalue weighted by Crippen LogP contribution is 2.40. The van der Waals surface area contributed by atoms with Gasteiger partial charge in [0.25, 0.3) is 0 Å². The number of benzene rings is 1. The van der Waals surface area contributed by atoms with Crippen LogP contribution in [0.4, 0.5) is 14.9 Å². The molecule has 1 aliphatic carbocycles. The minimum atomic E-state index is -1.09. The molecule has 3 rings (SSSR count). The number of carbonyl (C=O) groups is 2. The van der Waals surface area contributed by atoms with Crippen LogP contribution in [0.3, 0.4) is 0 Å². The van der Waals surface area contributed by atoms with Gasteiger partial charge < -0.3 is 15.3 Å². The van der Waals surface area contributed by atoms with E-state index < -0.39 is 12.1 Å². The summed E-state index contributed by atoms with van der Waals surface area (Å²) >= 11 is 0. The van der Waals surface area contributed by atoms with Crippen LogP contribution >= 0.6 is 0 Å². The van der Waals surface area contributed by atoms with Gasteiger partial charge in [-0.2, -0.15) is 0 Å². The molecule has 0 spiro atoms. The van der Waals surface area contributed by atoms with Crippen LogP contribution in [0.5, 0.6) is 0 Å². The zero-order valence-electron chi connectivity index (χ0n) is 20.0. The van der Waals surface area contributed by atoms with Gasteiger partial charge in [-0.25, -0.2) is 9.18 Å². The zero-order chi connectivity index (χ0) is 23.6. The predicted octanol–water partition coefficient (Wildman–Crippen LogP) is 4.60. The van der Waals surface area contributed by atoms with Gasteiger partial charge in [0.1, 0.15) is 11.9 Å². The van der Waals surface area contributed by atoms with Crippen molar-refractivity contribution in [2.75, 3.05) is 25.0 Å². The molecule has 1 aromatic carbocycles. The number of anilines is 1. The van der Waals surface area contributed by atoms with Gasteiger partial charge in [-0.1, -0.05) is 39.8 Å². The van der Waals surface area contributed by atoms with Gasteiger partial charge in [0.05, 0.1) is 5.69 Å². The number of nitrogens with zero attached hydrogens (tertiary/aromatic N) is 2. The Balaban J connectivity index is 1.67. The highest BCUT2D eigenvalue weighted by Gasteiger charge is 2.44. The Morgan fingerprint density at radius 3 is 2.56 bits per heavy atom. The lowest BCUT2D eigenvalue weighted by Crippen LogP contribution is -2.52. The largest absolute Gasteiger partial charge is 0.465 e. The third-order valence-corrected chi connectivity index (χ3v) is 7.04. The van der Waals surface area contributed by atoms with Crippen molar-refractivity contribution in [2.24, 2.45) is 23.2 Å². The minimum Gasteiger partial charge on any atom is -0.465 e. The molecule has 6 nitrogen and oxygen atoms in total. The maximum absolute atomic E-state index is 14.3. The number of fused-ring (bicyclic) bond motifs is 1. The van der Waals surface area contributed by atoms with Gasteiger partial charge in [0.2, 0.25) is 5.91 Å². The van der Waals surface area contributed by atoms with Gasteiger partial charge in [0, 0.05) is 32.1 Å². The van der Waals surface area contributed by atoms with Crippen molar-refractivity contribution < 1.29 is 19.1 Å². The first-order chi connectivity index (χ1) is 15.0. The lowest BCUT2D eigenvalue weighted by atomic mass is 9.82. The highest BCUT2D eigenvalue weighted by molar-refractivity contribution is 5.85. The molecule has 1 saturated heterocycles. The van der Waals surface area contributed by atoms with Crippen LogP contribution in [0.1, 0.15) is 53.4 Å². The lowest BCUT2D eigenvalue weighted by molar-refractivity contribution is -0.127. The van der Waals surface area contributed by atoms with Crippen molar-refractivity contribution in [1.29, 1.82) is 0 Å². The number of amides is 2. The number of halogens is 1. The third-order valence-electron chi connectivity index (χ3n) is 7.04. The van der Waals surface area contributed by atoms with E-state index in [4.69, 9.17) is 0 Å². The molecule has 2 aliphatic rings. The molecule has 32 heavy (non-hydrogen) atoms. The van der Waals surface area contributed by atoms with Crippen LogP contribution < -0.4 is 10.2 Å². The SMILES string of the molecule is CC(C[C@@H](C(=O)N[C@H]1CC[C@@H]2CN(c3ccccc3F)C[C@@H]21)N(C)C(=O)O)CC(C)(C)C. The van der Waals surface area contributed by atoms with Gasteiger partial charge in [-0.05, 0) is 55.1 Å². The van der Waals surface area contributed by atoms with Crippen molar-refractivity contribution >= 4 is 17.7 Å². The summed E-state index contributed by atoms with van der Waals surface area (Å²) in [5.74, 6) is 0.443. The molecule has 7 heteroatoms. The quantitative estimate of drug-likeness (QED) is 0.641. The van der Waals surface area contributed by atoms with Gasteiger partial charge in [-0.3, -0.25) is 9.69 Å². The van der Waals surface area contributed by atoms with Gasteiger partial charge in [0.15, 0.2) is 0 Å². The van der Waals surface area contributed by atoms with Crippen LogP contribution in [0, 0.1) is 29.0 Å². The number of rotatable bonds is 7. The predicted molar refractivity (Wildman–Crippen MR) is 124 cm³/mol. The van der Waals surface area contributed by atoms with E-state index in [-0.39, 0.29) is 35.0 Å². The summed E-state index contributed by atoms with van der Waals surface area (Å²) in [6.07, 6.45) is 2.18. The monoisotopic (exact) mass is 447 g/mol. The van der Waals surface area contributed by atoms with Gasteiger partial charge in [-0.15, -0.1) is 0 Å². The first kappa shape index (κ1) is 24.3. The van der Waals surface area contributed by atoms with Crippen molar-refractivity contribution in [2.45, 2.75) is 65.5 Å². The van der Waals surface area contributed by atoms with Crippen molar-refractivity contribution in [3.8, 4) is 0 Å². The highest BCUT2D eigenvalue weighted by atomic mass is 19.1. The fraction of sp³-hybridized carbons (Fsp3) is 0.680. The second-order valence-corrected chi connectivity index (χ2v) is 11.0. The summed E-state index contributed by atoms with van der Waals surface area (Å²) in [4.78, 5) is 28.1. The number of likely N-dealkylation sites (N-methyl/N-ethyl adjacent to an activating group) is 1. The smallest absolute Gasteiger partial charge is 0.407 e. The zero-order valence-corrected chi connectivity index (χ0v) is 20.0. The van der Waals surface area contributed by atoms with E-state index in [1.54, 1.807) is 12.1 Å². The van der Waals surface area contributed by atoms with E-state index in [1.807, 2.05) is 6.07 Å². The fourth-order valence-electron chi connectivity index (χ4n) is 5.71. The van der Waals surface area contributed by atoms with E-state index >= 15 is 0 Å². The van der Waals surface area contributed by atoms with Crippen molar-refractivity contribution in [3.63, 3.8) is 0 Å². The topological polar surface area (TPSA) is 72.9 Å². The molecule has 1 heterocycles. The Morgan fingerprint density at radius 2 is 1.94 bits per heavy atom. The molecule has 2 N–H and O–H groups in total. The first-order valence-corrected chi connectivity index (χ1v) is 11.7. The number of hydrogen-bond donors (Lipinski definition) is 2. The summed E-state index contributed by atoms with van der Waals surface area (Å²) in [7, 11) is 1.48. The molecule has 1 aromatic rings. The molecule has 0 bridgehead atoms. The average molecular weight is 448 g/mol. The molecule has 2 amide bonds. The second-order valence-electron chi connectivity index (χ2n) is 11.0. The van der Waals surface area contributed by atoms with Crippen LogP contribution in [0.15, 0.2) is 24.3 Å². The number of carbonyl (C=O) groups excluding carboxylic acids is 1. The molecular weight excluding hydrogens is 409 g/mol. The normalized spacial score (nSPS) is 24.7. The summed E-state index contributed by atoms with van der Waals surface area (Å²) in [5, 5.41) is 12.7. The Kier molecular flexibility index (Phi) is 7.36. The molecule has 178 valence electrons. The lowest BCUT2D eigenvalue weighted by Gasteiger charge is -2.31. The maximum atomic E-state index is 14.3. The Hall–Kier alpha value is -2.31. The summed E-state index contributed by atoms with van der Waals surface area (Å²) < 4.78 is 14.3. The minimum absolute atomic E-state index is 0.00751. The Bertz CT molecular complexity index is 825. The van der Waals surface area contributed by atoms with Crippen LogP contribution in [0.2, 0.25) is 0 Å². The molecule has 0 aromatic heterocycles. The average Bonchev–Trinajstić information content (AvgIpc) is 3.26. The molecule has 5 atom stereocenters. The Morgan fingerprint density at radius 1 is 1.25 bits per heavy atom. The van der Waals surface area contributed by atoms with E-state index in [0.29, 0.717) is 24.6 Å². The van der Waals surface area contributed by atoms with Crippen LogP contribution in [0.25, 0.3) is 0 Å². The fourth-order valence-corrected chi connectivity index (χ4v) is 5.71. The molecular formula is C25H38FN3O3. The van der Waals surface area contributed by atoms with Crippen LogP contribution in [-0.2, 0) is 4.79 Å². The van der Waals surface area contributed by atoms with E-state index in [0.717, 1.165) is 30.7 Å². The van der Waals surface area contributed by atoms with Crippen molar-refractivity contribution in [3.05, 3.63) is 30.1 Å². The van der Waals surface area contributed by atoms with Crippen molar-refractivity contribution in [1.82, 2.24) is 10.2 Å². The Labute approximate surface area is 191 Å². The van der Waals surface area contributed by atoms with Crippen LogP contribution in [-0.4, -0.2) is 54.2 Å². The number of hydrogen-bond acceptors (Lipinski definition) is 3. The first-order valence-electron chi connectivity index (χ1n) is 11.7. The van der Waals surface area contributed by atoms with Gasteiger partial charge >= 0.3 is 6.09 Å². The van der Waals surface area contributed by atoms with E-state index in [2.05, 4.69) is 37.9 Å². The summed E-state index contributed by atoms with van der Waals surface area (Å²) in [5.41, 5.74) is 0.729. The summed E-state index contributed by atoms with van der Waals surface area (Å²) in [6, 6.07) is 6.10. The molecule has 2 fully saturated rings.